The van der Waals surface area contributed by atoms with Crippen LogP contribution in [0.4, 0.5) is 0 Å². The van der Waals surface area contributed by atoms with E-state index in [9.17, 15) is 5.11 Å². The molecule has 1 aromatic heterocycles. The first-order valence-corrected chi connectivity index (χ1v) is 5.19. The van der Waals surface area contributed by atoms with Crippen LogP contribution in [0.2, 0.25) is 0 Å². The number of rotatable bonds is 1. The standard InChI is InChI=1S/C12H20N2O/c1-8-10(12(5,6)15)13-7-9(14-8)11(2,3)4/h7,15H,1-6H3. The smallest absolute Gasteiger partial charge is 0.103 e. The SMILES string of the molecule is Cc1nc(C(C)(C)C)cnc1C(C)(C)O. The summed E-state index contributed by atoms with van der Waals surface area (Å²) in [6.07, 6.45) is 1.75. The Morgan fingerprint density at radius 2 is 1.67 bits per heavy atom. The van der Waals surface area contributed by atoms with Crippen LogP contribution in [0.15, 0.2) is 6.20 Å². The Hall–Kier alpha value is -0.960. The van der Waals surface area contributed by atoms with Gasteiger partial charge in [-0.25, -0.2) is 0 Å². The summed E-state index contributed by atoms with van der Waals surface area (Å²) < 4.78 is 0. The third-order valence-electron chi connectivity index (χ3n) is 2.29. The minimum absolute atomic E-state index is 0.00408. The van der Waals surface area contributed by atoms with E-state index >= 15 is 0 Å². The Bertz CT molecular complexity index is 359. The first-order valence-electron chi connectivity index (χ1n) is 5.19. The van der Waals surface area contributed by atoms with E-state index in [1.807, 2.05) is 6.92 Å². The summed E-state index contributed by atoms with van der Waals surface area (Å²) in [6.45, 7) is 11.6. The van der Waals surface area contributed by atoms with E-state index in [0.717, 1.165) is 11.4 Å². The molecule has 0 aliphatic rings. The van der Waals surface area contributed by atoms with Gasteiger partial charge in [-0.2, -0.15) is 0 Å². The minimum atomic E-state index is -0.923. The van der Waals surface area contributed by atoms with Gasteiger partial charge in [0, 0.05) is 11.6 Å². The molecule has 1 aromatic rings. The highest BCUT2D eigenvalue weighted by molar-refractivity contribution is 5.20. The fraction of sp³-hybridized carbons (Fsp3) is 0.667. The maximum Gasteiger partial charge on any atom is 0.103 e. The number of aromatic nitrogens is 2. The van der Waals surface area contributed by atoms with Crippen LogP contribution in [0.5, 0.6) is 0 Å². The van der Waals surface area contributed by atoms with E-state index in [-0.39, 0.29) is 5.41 Å². The lowest BCUT2D eigenvalue weighted by Crippen LogP contribution is -2.23. The van der Waals surface area contributed by atoms with Crippen molar-refractivity contribution in [3.63, 3.8) is 0 Å². The second kappa shape index (κ2) is 3.56. The van der Waals surface area contributed by atoms with Crippen molar-refractivity contribution < 1.29 is 5.11 Å². The molecule has 1 rings (SSSR count). The van der Waals surface area contributed by atoms with E-state index in [1.165, 1.54) is 0 Å². The molecule has 0 amide bonds. The normalized spacial score (nSPS) is 13.0. The Labute approximate surface area is 91.6 Å². The zero-order valence-electron chi connectivity index (χ0n) is 10.4. The molecule has 0 radical (unpaired) electrons. The van der Waals surface area contributed by atoms with E-state index in [2.05, 4.69) is 30.7 Å². The summed E-state index contributed by atoms with van der Waals surface area (Å²) >= 11 is 0. The van der Waals surface area contributed by atoms with Gasteiger partial charge in [0.1, 0.15) is 5.60 Å². The van der Waals surface area contributed by atoms with Crippen LogP contribution in [0.25, 0.3) is 0 Å². The lowest BCUT2D eigenvalue weighted by molar-refractivity contribution is 0.0724. The van der Waals surface area contributed by atoms with Gasteiger partial charge in [-0.15, -0.1) is 0 Å². The zero-order valence-corrected chi connectivity index (χ0v) is 10.4. The van der Waals surface area contributed by atoms with Gasteiger partial charge in [-0.3, -0.25) is 9.97 Å². The molecular weight excluding hydrogens is 188 g/mol. The Morgan fingerprint density at radius 3 is 2.00 bits per heavy atom. The lowest BCUT2D eigenvalue weighted by Gasteiger charge is -2.22. The van der Waals surface area contributed by atoms with Crippen LogP contribution in [0.3, 0.4) is 0 Å². The highest BCUT2D eigenvalue weighted by Gasteiger charge is 2.23. The highest BCUT2D eigenvalue weighted by Crippen LogP contribution is 2.24. The molecule has 0 fully saturated rings. The molecule has 0 aliphatic carbocycles. The van der Waals surface area contributed by atoms with E-state index in [4.69, 9.17) is 0 Å². The van der Waals surface area contributed by atoms with Crippen molar-refractivity contribution >= 4 is 0 Å². The lowest BCUT2D eigenvalue weighted by atomic mass is 9.92. The van der Waals surface area contributed by atoms with Crippen LogP contribution in [-0.2, 0) is 11.0 Å². The number of aliphatic hydroxyl groups is 1. The molecule has 0 saturated carbocycles. The predicted molar refractivity (Wildman–Crippen MR) is 60.7 cm³/mol. The Kier molecular flexibility index (Phi) is 2.88. The molecule has 3 nitrogen and oxygen atoms in total. The van der Waals surface area contributed by atoms with Gasteiger partial charge in [0.05, 0.1) is 17.1 Å². The van der Waals surface area contributed by atoms with Crippen molar-refractivity contribution in [3.05, 3.63) is 23.3 Å². The van der Waals surface area contributed by atoms with E-state index in [0.29, 0.717) is 5.69 Å². The summed E-state index contributed by atoms with van der Waals surface area (Å²) in [5.74, 6) is 0. The monoisotopic (exact) mass is 208 g/mol. The Morgan fingerprint density at radius 1 is 1.13 bits per heavy atom. The molecule has 1 heterocycles. The van der Waals surface area contributed by atoms with Crippen LogP contribution in [0.1, 0.15) is 51.7 Å². The van der Waals surface area contributed by atoms with Gasteiger partial charge in [-0.05, 0) is 20.8 Å². The average molecular weight is 208 g/mol. The summed E-state index contributed by atoms with van der Waals surface area (Å²) in [7, 11) is 0. The molecule has 0 aliphatic heterocycles. The topological polar surface area (TPSA) is 46.0 Å². The molecule has 0 saturated heterocycles. The number of hydrogen-bond acceptors (Lipinski definition) is 3. The van der Waals surface area contributed by atoms with Gasteiger partial charge in [0.15, 0.2) is 0 Å². The second-order valence-corrected chi connectivity index (χ2v) is 5.50. The summed E-state index contributed by atoms with van der Waals surface area (Å²) in [6, 6.07) is 0. The van der Waals surface area contributed by atoms with Crippen molar-refractivity contribution in [2.45, 2.75) is 52.6 Å². The molecule has 3 heteroatoms. The minimum Gasteiger partial charge on any atom is -0.384 e. The third kappa shape index (κ3) is 2.75. The number of aryl methyl sites for hydroxylation is 1. The quantitative estimate of drug-likeness (QED) is 0.770. The highest BCUT2D eigenvalue weighted by atomic mass is 16.3. The van der Waals surface area contributed by atoms with E-state index in [1.54, 1.807) is 20.0 Å². The predicted octanol–water partition coefficient (Wildman–Crippen LogP) is 2.31. The largest absolute Gasteiger partial charge is 0.384 e. The van der Waals surface area contributed by atoms with Gasteiger partial charge < -0.3 is 5.11 Å². The molecule has 0 atom stereocenters. The van der Waals surface area contributed by atoms with Crippen molar-refractivity contribution in [1.29, 1.82) is 0 Å². The number of hydrogen-bond donors (Lipinski definition) is 1. The summed E-state index contributed by atoms with van der Waals surface area (Å²) in [5.41, 5.74) is 1.47. The van der Waals surface area contributed by atoms with Gasteiger partial charge >= 0.3 is 0 Å². The van der Waals surface area contributed by atoms with E-state index < -0.39 is 5.60 Å². The number of nitrogens with zero attached hydrogens (tertiary/aromatic N) is 2. The maximum absolute atomic E-state index is 9.86. The molecule has 0 unspecified atom stereocenters. The maximum atomic E-state index is 9.86. The van der Waals surface area contributed by atoms with Gasteiger partial charge in [0.2, 0.25) is 0 Å². The van der Waals surface area contributed by atoms with Crippen molar-refractivity contribution in [1.82, 2.24) is 9.97 Å². The molecule has 84 valence electrons. The summed E-state index contributed by atoms with van der Waals surface area (Å²) in [4.78, 5) is 8.79. The molecule has 1 N–H and O–H groups in total. The first-order chi connectivity index (χ1) is 6.62. The fourth-order valence-corrected chi connectivity index (χ4v) is 1.44. The molecule has 0 spiro atoms. The van der Waals surface area contributed by atoms with Crippen molar-refractivity contribution in [2.24, 2.45) is 0 Å². The molecule has 0 aromatic carbocycles. The van der Waals surface area contributed by atoms with Crippen LogP contribution < -0.4 is 0 Å². The van der Waals surface area contributed by atoms with Crippen molar-refractivity contribution in [2.75, 3.05) is 0 Å². The molecule has 15 heavy (non-hydrogen) atoms. The second-order valence-electron chi connectivity index (χ2n) is 5.50. The molecular formula is C12H20N2O. The van der Waals surface area contributed by atoms with Crippen LogP contribution in [-0.4, -0.2) is 15.1 Å². The third-order valence-corrected chi connectivity index (χ3v) is 2.29. The van der Waals surface area contributed by atoms with Crippen LogP contribution >= 0.6 is 0 Å². The van der Waals surface area contributed by atoms with Gasteiger partial charge in [-0.1, -0.05) is 20.8 Å². The fourth-order valence-electron chi connectivity index (χ4n) is 1.44. The Balaban J connectivity index is 3.21. The average Bonchev–Trinajstić information content (AvgIpc) is 1.99. The van der Waals surface area contributed by atoms with Gasteiger partial charge in [0.25, 0.3) is 0 Å². The van der Waals surface area contributed by atoms with Crippen molar-refractivity contribution in [3.8, 4) is 0 Å². The van der Waals surface area contributed by atoms with Crippen LogP contribution in [0, 0.1) is 6.92 Å². The zero-order chi connectivity index (χ0) is 11.9. The summed E-state index contributed by atoms with van der Waals surface area (Å²) in [5, 5.41) is 9.86. The first kappa shape index (κ1) is 12.1. The molecule has 0 bridgehead atoms.